The number of aromatic nitrogens is 2. The summed E-state index contributed by atoms with van der Waals surface area (Å²) < 4.78 is 7.17. The third-order valence-corrected chi connectivity index (χ3v) is 2.77. The van der Waals surface area contributed by atoms with E-state index in [1.54, 1.807) is 11.8 Å². The maximum atomic E-state index is 5.91. The molecule has 0 aliphatic carbocycles. The highest BCUT2D eigenvalue weighted by atomic mass is 16.5. The van der Waals surface area contributed by atoms with Crippen LogP contribution >= 0.6 is 0 Å². The Bertz CT molecular complexity index is 558. The lowest BCUT2D eigenvalue weighted by Gasteiger charge is -2.12. The highest BCUT2D eigenvalue weighted by molar-refractivity contribution is 5.79. The van der Waals surface area contributed by atoms with Crippen LogP contribution in [0.1, 0.15) is 11.1 Å². The minimum atomic E-state index is 0.524. The molecule has 1 heterocycles. The second kappa shape index (κ2) is 4.13. The van der Waals surface area contributed by atoms with E-state index in [2.05, 4.69) is 24.2 Å². The van der Waals surface area contributed by atoms with E-state index in [-0.39, 0.29) is 0 Å². The molecule has 90 valence electrons. The van der Waals surface area contributed by atoms with Gasteiger partial charge in [-0.1, -0.05) is 6.07 Å². The number of nitrogens with two attached hydrogens (primary N) is 1. The van der Waals surface area contributed by atoms with Crippen molar-refractivity contribution < 1.29 is 4.74 Å². The fraction of sp³-hybridized carbons (Fsp3) is 0.308. The van der Waals surface area contributed by atoms with Gasteiger partial charge in [-0.05, 0) is 31.0 Å². The Morgan fingerprint density at radius 3 is 2.47 bits per heavy atom. The number of aryl methyl sites for hydroxylation is 3. The Labute approximate surface area is 101 Å². The molecule has 0 fully saturated rings. The van der Waals surface area contributed by atoms with Gasteiger partial charge in [0.15, 0.2) is 5.82 Å². The van der Waals surface area contributed by atoms with Crippen LogP contribution in [0, 0.1) is 13.8 Å². The largest absolute Gasteiger partial charge is 0.496 e. The van der Waals surface area contributed by atoms with Crippen LogP contribution in [-0.4, -0.2) is 16.9 Å². The molecule has 17 heavy (non-hydrogen) atoms. The molecule has 0 saturated heterocycles. The maximum Gasteiger partial charge on any atom is 0.153 e. The average molecular weight is 231 g/mol. The molecule has 2 rings (SSSR count). The summed E-state index contributed by atoms with van der Waals surface area (Å²) in [6.07, 6.45) is 1.91. The Hall–Kier alpha value is -1.97. The average Bonchev–Trinajstić information content (AvgIpc) is 2.56. The van der Waals surface area contributed by atoms with E-state index >= 15 is 0 Å². The summed E-state index contributed by atoms with van der Waals surface area (Å²) in [7, 11) is 3.53. The van der Waals surface area contributed by atoms with Gasteiger partial charge >= 0.3 is 0 Å². The van der Waals surface area contributed by atoms with Gasteiger partial charge in [-0.3, -0.25) is 4.68 Å². The molecule has 1 aromatic carbocycles. The van der Waals surface area contributed by atoms with Crippen LogP contribution in [0.5, 0.6) is 5.75 Å². The third-order valence-electron chi connectivity index (χ3n) is 2.77. The Morgan fingerprint density at radius 2 is 1.94 bits per heavy atom. The van der Waals surface area contributed by atoms with Crippen molar-refractivity contribution in [2.24, 2.45) is 7.05 Å². The second-order valence-corrected chi connectivity index (χ2v) is 4.26. The van der Waals surface area contributed by atoms with Crippen molar-refractivity contribution in [3.05, 3.63) is 29.5 Å². The lowest BCUT2D eigenvalue weighted by molar-refractivity contribution is 0.413. The molecule has 0 amide bonds. The summed E-state index contributed by atoms with van der Waals surface area (Å²) in [5.74, 6) is 1.38. The first-order valence-electron chi connectivity index (χ1n) is 5.47. The van der Waals surface area contributed by atoms with Crippen molar-refractivity contribution in [2.45, 2.75) is 13.8 Å². The first-order chi connectivity index (χ1) is 8.02. The van der Waals surface area contributed by atoms with Crippen LogP contribution in [0.15, 0.2) is 18.3 Å². The fourth-order valence-electron chi connectivity index (χ4n) is 2.14. The number of nitrogen functional groups attached to an aromatic ring is 1. The van der Waals surface area contributed by atoms with Gasteiger partial charge < -0.3 is 10.5 Å². The summed E-state index contributed by atoms with van der Waals surface area (Å²) in [6.45, 7) is 4.09. The van der Waals surface area contributed by atoms with Crippen molar-refractivity contribution in [1.82, 2.24) is 9.78 Å². The summed E-state index contributed by atoms with van der Waals surface area (Å²) in [6, 6.07) is 4.16. The van der Waals surface area contributed by atoms with E-state index in [4.69, 9.17) is 10.5 Å². The first-order valence-corrected chi connectivity index (χ1v) is 5.47. The smallest absolute Gasteiger partial charge is 0.153 e. The van der Waals surface area contributed by atoms with E-state index in [9.17, 15) is 0 Å². The van der Waals surface area contributed by atoms with Gasteiger partial charge in [0.05, 0.1) is 7.11 Å². The van der Waals surface area contributed by atoms with E-state index in [1.807, 2.05) is 20.2 Å². The van der Waals surface area contributed by atoms with Gasteiger partial charge in [0.25, 0.3) is 0 Å². The number of benzene rings is 1. The summed E-state index contributed by atoms with van der Waals surface area (Å²) in [5, 5.41) is 4.16. The molecule has 4 nitrogen and oxygen atoms in total. The maximum absolute atomic E-state index is 5.91. The number of rotatable bonds is 2. The predicted octanol–water partition coefficient (Wildman–Crippen LogP) is 2.29. The molecule has 0 unspecified atom stereocenters. The van der Waals surface area contributed by atoms with Gasteiger partial charge in [0.1, 0.15) is 5.75 Å². The van der Waals surface area contributed by atoms with Crippen LogP contribution in [0.25, 0.3) is 11.1 Å². The van der Waals surface area contributed by atoms with Crippen LogP contribution in [0.4, 0.5) is 5.82 Å². The number of nitrogens with zero attached hydrogens (tertiary/aromatic N) is 2. The first kappa shape index (κ1) is 11.5. The topological polar surface area (TPSA) is 53.1 Å². The number of hydrogen-bond donors (Lipinski definition) is 1. The summed E-state index contributed by atoms with van der Waals surface area (Å²) >= 11 is 0. The number of anilines is 1. The molecule has 0 radical (unpaired) electrons. The number of ether oxygens (including phenoxy) is 1. The predicted molar refractivity (Wildman–Crippen MR) is 69.1 cm³/mol. The van der Waals surface area contributed by atoms with Crippen molar-refractivity contribution >= 4 is 5.82 Å². The molecule has 1 aromatic heterocycles. The monoisotopic (exact) mass is 231 g/mol. The van der Waals surface area contributed by atoms with E-state index in [1.165, 1.54) is 5.56 Å². The fourth-order valence-corrected chi connectivity index (χ4v) is 2.14. The lowest BCUT2D eigenvalue weighted by atomic mass is 10.0. The second-order valence-electron chi connectivity index (χ2n) is 4.26. The van der Waals surface area contributed by atoms with Crippen LogP contribution in [-0.2, 0) is 7.05 Å². The molecule has 0 spiro atoms. The molecular weight excluding hydrogens is 214 g/mol. The van der Waals surface area contributed by atoms with Crippen LogP contribution in [0.2, 0.25) is 0 Å². The number of methoxy groups -OCH3 is 1. The van der Waals surface area contributed by atoms with Crippen molar-refractivity contribution in [3.63, 3.8) is 0 Å². The lowest BCUT2D eigenvalue weighted by Crippen LogP contribution is -1.94. The molecule has 0 atom stereocenters. The van der Waals surface area contributed by atoms with E-state index < -0.39 is 0 Å². The van der Waals surface area contributed by atoms with Crippen molar-refractivity contribution in [3.8, 4) is 16.9 Å². The minimum absolute atomic E-state index is 0.524. The van der Waals surface area contributed by atoms with Gasteiger partial charge in [0.2, 0.25) is 0 Å². The third kappa shape index (κ3) is 1.98. The minimum Gasteiger partial charge on any atom is -0.496 e. The van der Waals surface area contributed by atoms with Crippen molar-refractivity contribution in [2.75, 3.05) is 12.8 Å². The van der Waals surface area contributed by atoms with Gasteiger partial charge in [-0.2, -0.15) is 5.10 Å². The Kier molecular flexibility index (Phi) is 2.79. The Balaban J connectivity index is 2.69. The molecule has 4 heteroatoms. The summed E-state index contributed by atoms with van der Waals surface area (Å²) in [5.41, 5.74) is 10.1. The SMILES string of the molecule is COc1c(C)cc(C)cc1-c1cn(C)nc1N. The zero-order valence-corrected chi connectivity index (χ0v) is 10.6. The highest BCUT2D eigenvalue weighted by Crippen LogP contribution is 2.36. The van der Waals surface area contributed by atoms with Gasteiger partial charge in [0, 0.05) is 24.4 Å². The molecule has 0 saturated carbocycles. The quantitative estimate of drug-likeness (QED) is 0.862. The number of hydrogen-bond acceptors (Lipinski definition) is 3. The Morgan fingerprint density at radius 1 is 1.24 bits per heavy atom. The molecule has 0 aliphatic heterocycles. The van der Waals surface area contributed by atoms with Gasteiger partial charge in [-0.25, -0.2) is 0 Å². The summed E-state index contributed by atoms with van der Waals surface area (Å²) in [4.78, 5) is 0. The molecule has 2 aromatic rings. The van der Waals surface area contributed by atoms with E-state index in [0.717, 1.165) is 22.4 Å². The van der Waals surface area contributed by atoms with Crippen molar-refractivity contribution in [1.29, 1.82) is 0 Å². The zero-order valence-electron chi connectivity index (χ0n) is 10.6. The highest BCUT2D eigenvalue weighted by Gasteiger charge is 2.14. The normalized spacial score (nSPS) is 10.6. The zero-order chi connectivity index (χ0) is 12.6. The van der Waals surface area contributed by atoms with Gasteiger partial charge in [-0.15, -0.1) is 0 Å². The molecule has 2 N–H and O–H groups in total. The molecule has 0 aliphatic rings. The van der Waals surface area contributed by atoms with E-state index in [0.29, 0.717) is 5.82 Å². The van der Waals surface area contributed by atoms with Crippen LogP contribution in [0.3, 0.4) is 0 Å². The molecule has 0 bridgehead atoms. The standard InChI is InChI=1S/C13H17N3O/c1-8-5-9(2)12(17-4)10(6-8)11-7-16(3)15-13(11)14/h5-7H,1-4H3,(H2,14,15). The molecular formula is C13H17N3O. The van der Waals surface area contributed by atoms with Crippen LogP contribution < -0.4 is 10.5 Å².